The number of hydrogen-bond donors (Lipinski definition) is 2. The normalized spacial score (nSPS) is 29.1. The predicted octanol–water partition coefficient (Wildman–Crippen LogP) is 2.55. The third-order valence-electron chi connectivity index (χ3n) is 4.87. The Morgan fingerprint density at radius 2 is 2.10 bits per heavy atom. The minimum Gasteiger partial charge on any atom is -0.396 e. The van der Waals surface area contributed by atoms with Crippen LogP contribution in [0.25, 0.3) is 0 Å². The van der Waals surface area contributed by atoms with Crippen LogP contribution in [0.4, 0.5) is 0 Å². The van der Waals surface area contributed by atoms with E-state index in [1.54, 1.807) is 0 Å². The van der Waals surface area contributed by atoms with E-state index in [4.69, 9.17) is 0 Å². The Labute approximate surface area is 133 Å². The number of halogens is 1. The average molecular weight is 359 g/mol. The molecule has 2 aliphatic rings. The van der Waals surface area contributed by atoms with Crippen LogP contribution in [-0.2, 0) is 6.54 Å². The highest BCUT2D eigenvalue weighted by Crippen LogP contribution is 2.33. The Hall–Kier alpha value is 0.0600. The molecule has 3 heterocycles. The lowest BCUT2D eigenvalue weighted by Gasteiger charge is -2.36. The molecule has 0 bridgehead atoms. The number of aliphatic hydroxyl groups excluding tert-OH is 1. The van der Waals surface area contributed by atoms with Crippen molar-refractivity contribution in [2.24, 2.45) is 17.8 Å². The fraction of sp³-hybridized carbons (Fsp3) is 0.733. The molecule has 5 heteroatoms. The third kappa shape index (κ3) is 3.45. The Balaban J connectivity index is 1.49. The molecule has 2 atom stereocenters. The molecular formula is C15H23BrN2OS. The van der Waals surface area contributed by atoms with Gasteiger partial charge >= 0.3 is 0 Å². The highest BCUT2D eigenvalue weighted by atomic mass is 79.9. The van der Waals surface area contributed by atoms with Crippen LogP contribution in [0.1, 0.15) is 17.7 Å². The molecule has 3 nitrogen and oxygen atoms in total. The van der Waals surface area contributed by atoms with Crippen LogP contribution in [0.3, 0.4) is 0 Å². The van der Waals surface area contributed by atoms with Gasteiger partial charge in [-0.25, -0.2) is 0 Å². The van der Waals surface area contributed by atoms with Gasteiger partial charge in [0.25, 0.3) is 0 Å². The Kier molecular flexibility index (Phi) is 5.15. The van der Waals surface area contributed by atoms with Crippen molar-refractivity contribution in [3.05, 3.63) is 20.8 Å². The number of piperidine rings is 1. The first kappa shape index (κ1) is 15.0. The number of nitrogens with zero attached hydrogens (tertiary/aromatic N) is 1. The van der Waals surface area contributed by atoms with Gasteiger partial charge in [0, 0.05) is 24.6 Å². The van der Waals surface area contributed by atoms with Gasteiger partial charge in [0.1, 0.15) is 0 Å². The molecule has 0 aromatic carbocycles. The topological polar surface area (TPSA) is 35.5 Å². The maximum atomic E-state index is 9.46. The summed E-state index contributed by atoms with van der Waals surface area (Å²) in [6.45, 7) is 5.96. The van der Waals surface area contributed by atoms with Crippen LogP contribution < -0.4 is 5.32 Å². The number of likely N-dealkylation sites (tertiary alicyclic amines) is 1. The zero-order valence-electron chi connectivity index (χ0n) is 11.7. The Morgan fingerprint density at radius 1 is 1.30 bits per heavy atom. The van der Waals surface area contributed by atoms with Crippen LogP contribution in [-0.4, -0.2) is 42.8 Å². The molecule has 0 aliphatic carbocycles. The van der Waals surface area contributed by atoms with Crippen LogP contribution in [0.5, 0.6) is 0 Å². The molecule has 0 unspecified atom stereocenters. The van der Waals surface area contributed by atoms with Crippen LogP contribution in [0.2, 0.25) is 0 Å². The van der Waals surface area contributed by atoms with Gasteiger partial charge in [0.05, 0.1) is 3.79 Å². The summed E-state index contributed by atoms with van der Waals surface area (Å²) in [5, 5.41) is 12.9. The molecule has 0 amide bonds. The van der Waals surface area contributed by atoms with Gasteiger partial charge in [-0.2, -0.15) is 0 Å². The molecule has 0 saturated carbocycles. The van der Waals surface area contributed by atoms with E-state index in [1.165, 1.54) is 34.6 Å². The summed E-state index contributed by atoms with van der Waals surface area (Å²) in [5.41, 5.74) is 0. The summed E-state index contributed by atoms with van der Waals surface area (Å²) >= 11 is 5.38. The lowest BCUT2D eigenvalue weighted by Crippen LogP contribution is -2.37. The first-order valence-electron chi connectivity index (χ1n) is 7.54. The highest BCUT2D eigenvalue weighted by Gasteiger charge is 2.34. The summed E-state index contributed by atoms with van der Waals surface area (Å²) in [5.74, 6) is 1.98. The van der Waals surface area contributed by atoms with E-state index in [2.05, 4.69) is 38.3 Å². The van der Waals surface area contributed by atoms with E-state index in [0.29, 0.717) is 18.4 Å². The van der Waals surface area contributed by atoms with E-state index < -0.39 is 0 Å². The first-order chi connectivity index (χ1) is 9.76. The van der Waals surface area contributed by atoms with E-state index in [0.717, 1.165) is 25.6 Å². The molecule has 112 valence electrons. The van der Waals surface area contributed by atoms with E-state index in [1.807, 2.05) is 11.3 Å². The molecule has 2 N–H and O–H groups in total. The minimum atomic E-state index is 0.348. The quantitative estimate of drug-likeness (QED) is 0.867. The minimum absolute atomic E-state index is 0.348. The molecular weight excluding hydrogens is 336 g/mol. The van der Waals surface area contributed by atoms with Gasteiger partial charge in [-0.15, -0.1) is 11.3 Å². The maximum Gasteiger partial charge on any atom is 0.0701 e. The molecule has 1 aromatic rings. The van der Waals surface area contributed by atoms with Crippen molar-refractivity contribution in [3.8, 4) is 0 Å². The van der Waals surface area contributed by atoms with Crippen molar-refractivity contribution in [1.29, 1.82) is 0 Å². The molecule has 2 saturated heterocycles. The SMILES string of the molecule is OC[C@@H]1CNC[C@H]1C1CCN(Cc2ccc(Br)s2)CC1. The number of rotatable bonds is 4. The zero-order chi connectivity index (χ0) is 13.9. The molecule has 0 spiro atoms. The second-order valence-corrected chi connectivity index (χ2v) is 8.63. The van der Waals surface area contributed by atoms with Crippen LogP contribution >= 0.6 is 27.3 Å². The average Bonchev–Trinajstić information content (AvgIpc) is 3.08. The highest BCUT2D eigenvalue weighted by molar-refractivity contribution is 9.11. The van der Waals surface area contributed by atoms with E-state index in [9.17, 15) is 5.11 Å². The van der Waals surface area contributed by atoms with Gasteiger partial charge in [-0.05, 0) is 78.3 Å². The van der Waals surface area contributed by atoms with Gasteiger partial charge in [0.2, 0.25) is 0 Å². The number of aliphatic hydroxyl groups is 1. The fourth-order valence-electron chi connectivity index (χ4n) is 3.70. The predicted molar refractivity (Wildman–Crippen MR) is 87.0 cm³/mol. The van der Waals surface area contributed by atoms with Crippen molar-refractivity contribution >= 4 is 27.3 Å². The Bertz CT molecular complexity index is 431. The van der Waals surface area contributed by atoms with Crippen molar-refractivity contribution < 1.29 is 5.11 Å². The second kappa shape index (κ2) is 6.88. The van der Waals surface area contributed by atoms with Gasteiger partial charge in [-0.1, -0.05) is 0 Å². The number of thiophene rings is 1. The van der Waals surface area contributed by atoms with Crippen LogP contribution in [0, 0.1) is 17.8 Å². The van der Waals surface area contributed by atoms with Gasteiger partial charge < -0.3 is 10.4 Å². The molecule has 20 heavy (non-hydrogen) atoms. The maximum absolute atomic E-state index is 9.46. The third-order valence-corrected chi connectivity index (χ3v) is 6.48. The smallest absolute Gasteiger partial charge is 0.0701 e. The standard InChI is InChI=1S/C15H23BrN2OS/c16-15-2-1-13(20-15)9-18-5-3-11(4-6-18)14-8-17-7-12(14)10-19/h1-2,11-12,14,17,19H,3-10H2/t12-,14-/m0/s1. The lowest BCUT2D eigenvalue weighted by atomic mass is 9.79. The monoisotopic (exact) mass is 358 g/mol. The largest absolute Gasteiger partial charge is 0.396 e. The first-order valence-corrected chi connectivity index (χ1v) is 9.15. The summed E-state index contributed by atoms with van der Waals surface area (Å²) in [6, 6.07) is 4.37. The van der Waals surface area contributed by atoms with Crippen molar-refractivity contribution in [3.63, 3.8) is 0 Å². The van der Waals surface area contributed by atoms with Gasteiger partial charge in [0.15, 0.2) is 0 Å². The molecule has 2 aliphatic heterocycles. The fourth-order valence-corrected chi connectivity index (χ4v) is 5.23. The second-order valence-electron chi connectivity index (χ2n) is 6.08. The molecule has 0 radical (unpaired) electrons. The van der Waals surface area contributed by atoms with Crippen molar-refractivity contribution in [2.75, 3.05) is 32.8 Å². The van der Waals surface area contributed by atoms with Gasteiger partial charge in [-0.3, -0.25) is 4.90 Å². The summed E-state index contributed by atoms with van der Waals surface area (Å²) < 4.78 is 1.23. The molecule has 1 aromatic heterocycles. The van der Waals surface area contributed by atoms with Crippen LogP contribution in [0.15, 0.2) is 15.9 Å². The Morgan fingerprint density at radius 3 is 2.75 bits per heavy atom. The summed E-state index contributed by atoms with van der Waals surface area (Å²) in [6.07, 6.45) is 2.57. The van der Waals surface area contributed by atoms with E-state index >= 15 is 0 Å². The summed E-state index contributed by atoms with van der Waals surface area (Å²) in [4.78, 5) is 4.02. The molecule has 3 rings (SSSR count). The van der Waals surface area contributed by atoms with Crippen molar-refractivity contribution in [1.82, 2.24) is 10.2 Å². The van der Waals surface area contributed by atoms with E-state index in [-0.39, 0.29) is 0 Å². The lowest BCUT2D eigenvalue weighted by molar-refractivity contribution is 0.108. The number of hydrogen-bond acceptors (Lipinski definition) is 4. The number of nitrogens with one attached hydrogen (secondary N) is 1. The zero-order valence-corrected chi connectivity index (χ0v) is 14.1. The molecule has 2 fully saturated rings. The summed E-state index contributed by atoms with van der Waals surface area (Å²) in [7, 11) is 0. The van der Waals surface area contributed by atoms with Crippen molar-refractivity contribution in [2.45, 2.75) is 19.4 Å².